The zero-order chi connectivity index (χ0) is 21.2. The molecular formula is C19H20N2O7. The maximum atomic E-state index is 12.0. The molecule has 4 N–H and O–H groups in total. The van der Waals surface area contributed by atoms with E-state index < -0.39 is 28.7 Å². The number of hydrogen-bond donors (Lipinski definition) is 4. The summed E-state index contributed by atoms with van der Waals surface area (Å²) in [7, 11) is 0. The fourth-order valence-electron chi connectivity index (χ4n) is 2.37. The maximum Gasteiger partial charge on any atom is 0.351 e. The van der Waals surface area contributed by atoms with Crippen molar-refractivity contribution in [1.82, 2.24) is 0 Å². The standard InChI is InChI=1S/C19H20N2O7/c1-8(2)17(25)21-12-7-11(5-6-13(12)23)20-9(3)14-16(24)15(10(4)22)19(27)28-18(14)26/h5-8,23-24,27H,1-4H3,(H,21,25). The van der Waals surface area contributed by atoms with Gasteiger partial charge in [0.15, 0.2) is 5.78 Å². The van der Waals surface area contributed by atoms with Gasteiger partial charge in [0.25, 0.3) is 5.95 Å². The number of nitrogens with one attached hydrogen (secondary N) is 1. The molecular weight excluding hydrogens is 368 g/mol. The number of Topliss-reactive ketones (excluding diaryl/α,β-unsaturated/α-hetero) is 1. The summed E-state index contributed by atoms with van der Waals surface area (Å²) in [5.74, 6) is -3.20. The molecule has 2 aromatic rings. The van der Waals surface area contributed by atoms with Gasteiger partial charge in [-0.2, -0.15) is 0 Å². The molecule has 0 saturated heterocycles. The van der Waals surface area contributed by atoms with E-state index in [1.165, 1.54) is 25.1 Å². The summed E-state index contributed by atoms with van der Waals surface area (Å²) in [6.07, 6.45) is 0. The molecule has 0 unspecified atom stereocenters. The summed E-state index contributed by atoms with van der Waals surface area (Å²) >= 11 is 0. The predicted octanol–water partition coefficient (Wildman–Crippen LogP) is 2.69. The van der Waals surface area contributed by atoms with Gasteiger partial charge in [-0.25, -0.2) is 4.79 Å². The number of rotatable bonds is 5. The SMILES string of the molecule is CC(=O)c1c(O)oc(=O)c(C(C)=Nc2ccc(O)c(NC(=O)C(C)C)c2)c1O. The molecule has 1 aromatic heterocycles. The smallest absolute Gasteiger partial charge is 0.351 e. The lowest BCUT2D eigenvalue weighted by atomic mass is 10.1. The largest absolute Gasteiger partial charge is 0.506 e. The van der Waals surface area contributed by atoms with Gasteiger partial charge in [0.05, 0.1) is 17.1 Å². The Morgan fingerprint density at radius 1 is 1.11 bits per heavy atom. The van der Waals surface area contributed by atoms with Crippen LogP contribution in [-0.2, 0) is 4.79 Å². The van der Waals surface area contributed by atoms with Gasteiger partial charge in [0.2, 0.25) is 5.91 Å². The van der Waals surface area contributed by atoms with Gasteiger partial charge in [-0.1, -0.05) is 13.8 Å². The van der Waals surface area contributed by atoms with E-state index in [0.29, 0.717) is 0 Å². The van der Waals surface area contributed by atoms with Crippen LogP contribution in [-0.4, -0.2) is 32.7 Å². The number of anilines is 1. The van der Waals surface area contributed by atoms with Crippen molar-refractivity contribution in [3.8, 4) is 17.4 Å². The molecule has 0 spiro atoms. The molecule has 1 aromatic carbocycles. The minimum atomic E-state index is -1.08. The van der Waals surface area contributed by atoms with Crippen molar-refractivity contribution in [2.45, 2.75) is 27.7 Å². The Morgan fingerprint density at radius 3 is 2.32 bits per heavy atom. The van der Waals surface area contributed by atoms with Crippen LogP contribution < -0.4 is 10.9 Å². The lowest BCUT2D eigenvalue weighted by Crippen LogP contribution is -2.17. The highest BCUT2D eigenvalue weighted by molar-refractivity contribution is 6.07. The lowest BCUT2D eigenvalue weighted by Gasteiger charge is -2.11. The van der Waals surface area contributed by atoms with E-state index in [2.05, 4.69) is 14.7 Å². The molecule has 0 atom stereocenters. The molecule has 0 aliphatic heterocycles. The van der Waals surface area contributed by atoms with E-state index in [1.807, 2.05) is 0 Å². The van der Waals surface area contributed by atoms with E-state index in [-0.39, 0.29) is 40.2 Å². The summed E-state index contributed by atoms with van der Waals surface area (Å²) in [5.41, 5.74) is -1.61. The third kappa shape index (κ3) is 4.20. The van der Waals surface area contributed by atoms with Crippen LogP contribution >= 0.6 is 0 Å². The molecule has 9 heteroatoms. The van der Waals surface area contributed by atoms with Crippen molar-refractivity contribution in [3.63, 3.8) is 0 Å². The number of phenolic OH excluding ortho intramolecular Hbond substituents is 1. The Hall–Kier alpha value is -3.62. The fourth-order valence-corrected chi connectivity index (χ4v) is 2.37. The highest BCUT2D eigenvalue weighted by Gasteiger charge is 2.24. The van der Waals surface area contributed by atoms with Crippen molar-refractivity contribution >= 4 is 28.8 Å². The number of phenols is 1. The third-order valence-corrected chi connectivity index (χ3v) is 3.85. The molecule has 0 bridgehead atoms. The van der Waals surface area contributed by atoms with E-state index in [4.69, 9.17) is 0 Å². The van der Waals surface area contributed by atoms with Gasteiger partial charge in [0.1, 0.15) is 22.6 Å². The van der Waals surface area contributed by atoms with Gasteiger partial charge in [0, 0.05) is 5.92 Å². The molecule has 28 heavy (non-hydrogen) atoms. The number of nitrogens with zero attached hydrogens (tertiary/aromatic N) is 1. The van der Waals surface area contributed by atoms with Crippen LogP contribution in [0.4, 0.5) is 11.4 Å². The van der Waals surface area contributed by atoms with Gasteiger partial charge in [-0.05, 0) is 32.0 Å². The van der Waals surface area contributed by atoms with Crippen molar-refractivity contribution in [1.29, 1.82) is 0 Å². The second-order valence-corrected chi connectivity index (χ2v) is 6.39. The molecule has 2 rings (SSSR count). The van der Waals surface area contributed by atoms with Gasteiger partial charge < -0.3 is 25.1 Å². The second-order valence-electron chi connectivity index (χ2n) is 6.39. The molecule has 1 amide bonds. The first-order chi connectivity index (χ1) is 13.0. The van der Waals surface area contributed by atoms with Crippen LogP contribution in [0, 0.1) is 5.92 Å². The molecule has 9 nitrogen and oxygen atoms in total. The fraction of sp³-hybridized carbons (Fsp3) is 0.263. The number of ketones is 1. The first-order valence-electron chi connectivity index (χ1n) is 8.32. The second kappa shape index (κ2) is 7.95. The summed E-state index contributed by atoms with van der Waals surface area (Å²) in [6.45, 7) is 5.87. The molecule has 1 heterocycles. The number of carbonyl (C=O) groups excluding carboxylic acids is 2. The zero-order valence-corrected chi connectivity index (χ0v) is 15.7. The maximum absolute atomic E-state index is 12.0. The van der Waals surface area contributed by atoms with Crippen molar-refractivity contribution < 1.29 is 29.3 Å². The summed E-state index contributed by atoms with van der Waals surface area (Å²) in [5, 5.41) is 32.3. The number of amides is 1. The average molecular weight is 388 g/mol. The Balaban J connectivity index is 2.52. The van der Waals surface area contributed by atoms with Crippen LogP contribution in [0.25, 0.3) is 0 Å². The highest BCUT2D eigenvalue weighted by Crippen LogP contribution is 2.31. The third-order valence-electron chi connectivity index (χ3n) is 3.85. The van der Waals surface area contributed by atoms with E-state index in [9.17, 15) is 29.7 Å². The first-order valence-corrected chi connectivity index (χ1v) is 8.32. The minimum absolute atomic E-state index is 0.000533. The van der Waals surface area contributed by atoms with Gasteiger partial charge >= 0.3 is 5.63 Å². The molecule has 148 valence electrons. The van der Waals surface area contributed by atoms with Gasteiger partial charge in [-0.3, -0.25) is 14.6 Å². The highest BCUT2D eigenvalue weighted by atomic mass is 16.5. The summed E-state index contributed by atoms with van der Waals surface area (Å²) in [4.78, 5) is 39.6. The Labute approximate surface area is 160 Å². The van der Waals surface area contributed by atoms with Crippen LogP contribution in [0.1, 0.15) is 43.6 Å². The quantitative estimate of drug-likeness (QED) is 0.349. The average Bonchev–Trinajstić information content (AvgIpc) is 2.56. The van der Waals surface area contributed by atoms with Crippen molar-refractivity contribution in [2.75, 3.05) is 5.32 Å². The van der Waals surface area contributed by atoms with Crippen LogP contribution in [0.15, 0.2) is 32.4 Å². The minimum Gasteiger partial charge on any atom is -0.506 e. The molecule has 0 fully saturated rings. The Morgan fingerprint density at radius 2 is 1.75 bits per heavy atom. The van der Waals surface area contributed by atoms with E-state index in [0.717, 1.165) is 6.92 Å². The number of aliphatic imine (C=N–C) groups is 1. The monoisotopic (exact) mass is 388 g/mol. The van der Waals surface area contributed by atoms with E-state index in [1.54, 1.807) is 13.8 Å². The van der Waals surface area contributed by atoms with E-state index >= 15 is 0 Å². The number of carbonyl (C=O) groups is 2. The topological polar surface area (TPSA) is 149 Å². The molecule has 0 aliphatic carbocycles. The molecule has 0 saturated carbocycles. The van der Waals surface area contributed by atoms with Crippen LogP contribution in [0.5, 0.6) is 17.4 Å². The number of hydrogen-bond acceptors (Lipinski definition) is 8. The van der Waals surface area contributed by atoms with Crippen LogP contribution in [0.2, 0.25) is 0 Å². The van der Waals surface area contributed by atoms with Gasteiger partial charge in [-0.15, -0.1) is 0 Å². The van der Waals surface area contributed by atoms with Crippen LogP contribution in [0.3, 0.4) is 0 Å². The predicted molar refractivity (Wildman–Crippen MR) is 102 cm³/mol. The Kier molecular flexibility index (Phi) is 5.87. The lowest BCUT2D eigenvalue weighted by molar-refractivity contribution is -0.118. The number of aromatic hydroxyl groups is 3. The molecule has 0 aliphatic rings. The first kappa shape index (κ1) is 20.7. The Bertz CT molecular complexity index is 1040. The zero-order valence-electron chi connectivity index (χ0n) is 15.7. The summed E-state index contributed by atoms with van der Waals surface area (Å²) < 4.78 is 4.60. The normalized spacial score (nSPS) is 11.5. The number of benzene rings is 1. The summed E-state index contributed by atoms with van der Waals surface area (Å²) in [6, 6.07) is 4.11. The van der Waals surface area contributed by atoms with Crippen molar-refractivity contribution in [3.05, 3.63) is 39.7 Å². The van der Waals surface area contributed by atoms with Crippen molar-refractivity contribution in [2.24, 2.45) is 10.9 Å². The molecule has 0 radical (unpaired) electrons.